The fraction of sp³-hybridized carbons (Fsp3) is 0.474. The van der Waals surface area contributed by atoms with Crippen molar-refractivity contribution in [1.82, 2.24) is 19.2 Å². The number of nitrogens with zero attached hydrogens (tertiary/aromatic N) is 3. The standard InChI is InChI=1S/C19H26N4O3S/c1-5-13-20-19(24)12-11-18-21-16-14-15(9-10-17(16)23(18)8-4)27(25,26)22(6-2)7-3/h1,9-10,14H,6-8,11-13H2,2-4H3,(H,20,24). The van der Waals surface area contributed by atoms with Gasteiger partial charge in [-0.2, -0.15) is 4.31 Å². The molecule has 1 aromatic carbocycles. The predicted octanol–water partition coefficient (Wildman–Crippen LogP) is 1.77. The number of carbonyl (C=O) groups is 1. The summed E-state index contributed by atoms with van der Waals surface area (Å²) in [4.78, 5) is 16.6. The lowest BCUT2D eigenvalue weighted by molar-refractivity contribution is -0.120. The molecular formula is C19H26N4O3S. The number of rotatable bonds is 9. The van der Waals surface area contributed by atoms with Crippen molar-refractivity contribution in [2.45, 2.75) is 45.1 Å². The van der Waals surface area contributed by atoms with E-state index in [4.69, 9.17) is 6.42 Å². The summed E-state index contributed by atoms with van der Waals surface area (Å²) in [6.07, 6.45) is 5.87. The van der Waals surface area contributed by atoms with Crippen molar-refractivity contribution >= 4 is 27.0 Å². The number of imidazole rings is 1. The van der Waals surface area contributed by atoms with E-state index in [1.165, 1.54) is 4.31 Å². The van der Waals surface area contributed by atoms with E-state index in [-0.39, 0.29) is 23.8 Å². The molecule has 27 heavy (non-hydrogen) atoms. The van der Waals surface area contributed by atoms with E-state index in [9.17, 15) is 13.2 Å². The summed E-state index contributed by atoms with van der Waals surface area (Å²) in [7, 11) is -3.54. The molecule has 0 aliphatic heterocycles. The molecule has 0 spiro atoms. The summed E-state index contributed by atoms with van der Waals surface area (Å²) in [5.74, 6) is 2.98. The lowest BCUT2D eigenvalue weighted by Crippen LogP contribution is -2.30. The molecule has 0 atom stereocenters. The van der Waals surface area contributed by atoms with Gasteiger partial charge in [-0.05, 0) is 25.1 Å². The lowest BCUT2D eigenvalue weighted by Gasteiger charge is -2.18. The average molecular weight is 391 g/mol. The first-order valence-corrected chi connectivity index (χ1v) is 10.5. The molecular weight excluding hydrogens is 364 g/mol. The summed E-state index contributed by atoms with van der Waals surface area (Å²) in [5.41, 5.74) is 1.47. The molecule has 0 bridgehead atoms. The maximum atomic E-state index is 12.7. The third-order valence-corrected chi connectivity index (χ3v) is 6.47. The number of hydrogen-bond donors (Lipinski definition) is 1. The van der Waals surface area contributed by atoms with Gasteiger partial charge >= 0.3 is 0 Å². The van der Waals surface area contributed by atoms with Crippen LogP contribution in [-0.2, 0) is 27.8 Å². The molecule has 2 rings (SSSR count). The molecule has 0 aliphatic rings. The minimum absolute atomic E-state index is 0.132. The normalized spacial score (nSPS) is 11.7. The molecule has 0 fully saturated rings. The van der Waals surface area contributed by atoms with Crippen LogP contribution in [-0.4, -0.2) is 47.8 Å². The van der Waals surface area contributed by atoms with Crippen LogP contribution in [0.15, 0.2) is 23.1 Å². The first-order chi connectivity index (χ1) is 12.9. The van der Waals surface area contributed by atoms with Crippen LogP contribution in [0.4, 0.5) is 0 Å². The number of aryl methyl sites for hydroxylation is 2. The molecule has 8 heteroatoms. The van der Waals surface area contributed by atoms with Crippen LogP contribution in [0.1, 0.15) is 33.0 Å². The van der Waals surface area contributed by atoms with Gasteiger partial charge in [0.1, 0.15) is 5.82 Å². The smallest absolute Gasteiger partial charge is 0.243 e. The van der Waals surface area contributed by atoms with Gasteiger partial charge in [-0.1, -0.05) is 19.8 Å². The summed E-state index contributed by atoms with van der Waals surface area (Å²) < 4.78 is 28.9. The number of benzene rings is 1. The molecule has 2 aromatic rings. The number of aromatic nitrogens is 2. The van der Waals surface area contributed by atoms with E-state index < -0.39 is 10.0 Å². The van der Waals surface area contributed by atoms with E-state index in [0.717, 1.165) is 11.3 Å². The number of hydrogen-bond acceptors (Lipinski definition) is 4. The van der Waals surface area contributed by atoms with Crippen molar-refractivity contribution in [3.8, 4) is 12.3 Å². The molecule has 0 saturated carbocycles. The molecule has 0 unspecified atom stereocenters. The Labute approximate surface area is 160 Å². The number of terminal acetylenes is 1. The number of carbonyl (C=O) groups excluding carboxylic acids is 1. The van der Waals surface area contributed by atoms with Crippen LogP contribution in [0, 0.1) is 12.3 Å². The van der Waals surface area contributed by atoms with Crippen molar-refractivity contribution in [1.29, 1.82) is 0 Å². The van der Waals surface area contributed by atoms with Crippen molar-refractivity contribution in [3.05, 3.63) is 24.0 Å². The van der Waals surface area contributed by atoms with E-state index >= 15 is 0 Å². The Morgan fingerprint density at radius 1 is 1.30 bits per heavy atom. The van der Waals surface area contributed by atoms with Gasteiger partial charge in [0.15, 0.2) is 0 Å². The largest absolute Gasteiger partial charge is 0.345 e. The number of nitrogens with one attached hydrogen (secondary N) is 1. The average Bonchev–Trinajstić information content (AvgIpc) is 3.02. The second kappa shape index (κ2) is 9.02. The third-order valence-electron chi connectivity index (χ3n) is 4.42. The first kappa shape index (κ1) is 20.9. The van der Waals surface area contributed by atoms with Crippen LogP contribution in [0.5, 0.6) is 0 Å². The highest BCUT2D eigenvalue weighted by molar-refractivity contribution is 7.89. The quantitative estimate of drug-likeness (QED) is 0.662. The Kier molecular flexibility index (Phi) is 6.99. The van der Waals surface area contributed by atoms with Gasteiger partial charge in [-0.15, -0.1) is 6.42 Å². The molecule has 1 N–H and O–H groups in total. The highest BCUT2D eigenvalue weighted by Gasteiger charge is 2.23. The molecule has 1 aromatic heterocycles. The Hall–Kier alpha value is -2.37. The van der Waals surface area contributed by atoms with Crippen LogP contribution < -0.4 is 5.32 Å². The van der Waals surface area contributed by atoms with Gasteiger partial charge in [-0.3, -0.25) is 4.79 Å². The van der Waals surface area contributed by atoms with Gasteiger partial charge in [0.05, 0.1) is 22.5 Å². The molecule has 0 radical (unpaired) electrons. The Morgan fingerprint density at radius 3 is 2.59 bits per heavy atom. The van der Waals surface area contributed by atoms with E-state index in [0.29, 0.717) is 31.6 Å². The maximum Gasteiger partial charge on any atom is 0.243 e. The molecule has 1 heterocycles. The number of sulfonamides is 1. The zero-order chi connectivity index (χ0) is 20.0. The fourth-order valence-electron chi connectivity index (χ4n) is 3.04. The Balaban J connectivity index is 2.35. The highest BCUT2D eigenvalue weighted by Crippen LogP contribution is 2.23. The van der Waals surface area contributed by atoms with E-state index in [1.807, 2.05) is 25.3 Å². The minimum atomic E-state index is -3.54. The lowest BCUT2D eigenvalue weighted by atomic mass is 10.2. The SMILES string of the molecule is C#CCNC(=O)CCc1nc2cc(S(=O)(=O)N(CC)CC)ccc2n1CC. The zero-order valence-corrected chi connectivity index (χ0v) is 16.8. The van der Waals surface area contributed by atoms with Crippen LogP contribution >= 0.6 is 0 Å². The third kappa shape index (κ3) is 4.49. The van der Waals surface area contributed by atoms with Gasteiger partial charge in [0.25, 0.3) is 0 Å². The van der Waals surface area contributed by atoms with Gasteiger partial charge in [0.2, 0.25) is 15.9 Å². The predicted molar refractivity (Wildman–Crippen MR) is 106 cm³/mol. The van der Waals surface area contributed by atoms with Crippen LogP contribution in [0.25, 0.3) is 11.0 Å². The monoisotopic (exact) mass is 390 g/mol. The van der Waals surface area contributed by atoms with Gasteiger partial charge in [0, 0.05) is 32.5 Å². The molecule has 146 valence electrons. The van der Waals surface area contributed by atoms with Crippen molar-refractivity contribution < 1.29 is 13.2 Å². The maximum absolute atomic E-state index is 12.7. The van der Waals surface area contributed by atoms with E-state index in [1.54, 1.807) is 18.2 Å². The van der Waals surface area contributed by atoms with Gasteiger partial charge in [-0.25, -0.2) is 13.4 Å². The molecule has 0 aliphatic carbocycles. The molecule has 1 amide bonds. The highest BCUT2D eigenvalue weighted by atomic mass is 32.2. The minimum Gasteiger partial charge on any atom is -0.345 e. The summed E-state index contributed by atoms with van der Waals surface area (Å²) in [6.45, 7) is 7.33. The zero-order valence-electron chi connectivity index (χ0n) is 16.0. The van der Waals surface area contributed by atoms with Crippen LogP contribution in [0.3, 0.4) is 0 Å². The first-order valence-electron chi connectivity index (χ1n) is 9.08. The van der Waals surface area contributed by atoms with Crippen LogP contribution in [0.2, 0.25) is 0 Å². The van der Waals surface area contributed by atoms with Crippen molar-refractivity contribution in [3.63, 3.8) is 0 Å². The summed E-state index contributed by atoms with van der Waals surface area (Å²) in [5, 5.41) is 2.63. The van der Waals surface area contributed by atoms with E-state index in [2.05, 4.69) is 16.2 Å². The van der Waals surface area contributed by atoms with Gasteiger partial charge < -0.3 is 9.88 Å². The topological polar surface area (TPSA) is 84.3 Å². The molecule has 7 nitrogen and oxygen atoms in total. The molecule has 0 saturated heterocycles. The second-order valence-electron chi connectivity index (χ2n) is 5.99. The van der Waals surface area contributed by atoms with Crippen molar-refractivity contribution in [2.24, 2.45) is 0 Å². The van der Waals surface area contributed by atoms with Crippen molar-refractivity contribution in [2.75, 3.05) is 19.6 Å². The summed E-state index contributed by atoms with van der Waals surface area (Å²) >= 11 is 0. The Morgan fingerprint density at radius 2 is 2.00 bits per heavy atom. The number of fused-ring (bicyclic) bond motifs is 1. The Bertz CT molecular complexity index is 953. The fourth-order valence-corrected chi connectivity index (χ4v) is 4.52. The summed E-state index contributed by atoms with van der Waals surface area (Å²) in [6, 6.07) is 5.01. The second-order valence-corrected chi connectivity index (χ2v) is 7.93. The number of amides is 1.